The molecule has 0 radical (unpaired) electrons. The quantitative estimate of drug-likeness (QED) is 0.429. The van der Waals surface area contributed by atoms with Crippen LogP contribution in [-0.4, -0.2) is 24.8 Å². The molecule has 116 valence electrons. The second-order valence-electron chi connectivity index (χ2n) is 6.00. The highest BCUT2D eigenvalue weighted by Crippen LogP contribution is 2.10. The first-order valence-electron chi connectivity index (χ1n) is 8.62. The topological polar surface area (TPSA) is 32.3 Å². The molecule has 1 unspecified atom stereocenters. The Morgan fingerprint density at radius 2 is 1.37 bits per heavy atom. The van der Waals surface area contributed by atoms with E-state index in [1.165, 1.54) is 64.2 Å². The van der Waals surface area contributed by atoms with Crippen molar-refractivity contribution < 1.29 is 5.11 Å². The van der Waals surface area contributed by atoms with Gasteiger partial charge in [-0.3, -0.25) is 0 Å². The Balaban J connectivity index is 2.99. The van der Waals surface area contributed by atoms with Gasteiger partial charge in [-0.25, -0.2) is 0 Å². The highest BCUT2D eigenvalue weighted by Gasteiger charge is 1.99. The van der Waals surface area contributed by atoms with Crippen molar-refractivity contribution in [2.75, 3.05) is 19.7 Å². The lowest BCUT2D eigenvalue weighted by Crippen LogP contribution is -2.22. The zero-order chi connectivity index (χ0) is 14.2. The van der Waals surface area contributed by atoms with Crippen LogP contribution < -0.4 is 5.32 Å². The van der Waals surface area contributed by atoms with Crippen molar-refractivity contribution in [1.82, 2.24) is 5.32 Å². The molecule has 0 amide bonds. The number of aliphatic hydroxyl groups excluding tert-OH is 1. The number of rotatable bonds is 15. The molecule has 0 aliphatic rings. The van der Waals surface area contributed by atoms with Gasteiger partial charge >= 0.3 is 0 Å². The van der Waals surface area contributed by atoms with E-state index in [-0.39, 0.29) is 0 Å². The lowest BCUT2D eigenvalue weighted by Gasteiger charge is -2.10. The van der Waals surface area contributed by atoms with Gasteiger partial charge in [0.15, 0.2) is 0 Å². The minimum absolute atomic E-state index is 0.321. The van der Waals surface area contributed by atoms with Crippen LogP contribution in [0.1, 0.15) is 84.5 Å². The van der Waals surface area contributed by atoms with E-state index in [0.717, 1.165) is 19.5 Å². The molecule has 0 aromatic heterocycles. The SMILES string of the molecule is CCCCCCCCCCCCNCC(C)CCO. The second-order valence-corrected chi connectivity index (χ2v) is 6.00. The van der Waals surface area contributed by atoms with Gasteiger partial charge in [-0.15, -0.1) is 0 Å². The Bertz CT molecular complexity index is 161. The molecule has 0 rings (SSSR count). The standard InChI is InChI=1S/C17H37NO/c1-3-4-5-6-7-8-9-10-11-12-14-18-16-17(2)13-15-19/h17-19H,3-16H2,1-2H3. The number of unbranched alkanes of at least 4 members (excludes halogenated alkanes) is 9. The molecule has 0 saturated carbocycles. The molecule has 0 heterocycles. The summed E-state index contributed by atoms with van der Waals surface area (Å²) in [5.41, 5.74) is 0. The summed E-state index contributed by atoms with van der Waals surface area (Å²) in [5, 5.41) is 12.3. The predicted molar refractivity (Wildman–Crippen MR) is 85.6 cm³/mol. The van der Waals surface area contributed by atoms with E-state index in [2.05, 4.69) is 19.2 Å². The van der Waals surface area contributed by atoms with E-state index in [1.54, 1.807) is 0 Å². The zero-order valence-corrected chi connectivity index (χ0v) is 13.4. The van der Waals surface area contributed by atoms with Gasteiger partial charge in [0.25, 0.3) is 0 Å². The average molecular weight is 271 g/mol. The summed E-state index contributed by atoms with van der Waals surface area (Å²) >= 11 is 0. The summed E-state index contributed by atoms with van der Waals surface area (Å²) in [6, 6.07) is 0. The molecular weight excluding hydrogens is 234 g/mol. The van der Waals surface area contributed by atoms with E-state index < -0.39 is 0 Å². The largest absolute Gasteiger partial charge is 0.396 e. The Hall–Kier alpha value is -0.0800. The number of hydrogen-bond acceptors (Lipinski definition) is 2. The maximum atomic E-state index is 8.80. The fourth-order valence-electron chi connectivity index (χ4n) is 2.41. The van der Waals surface area contributed by atoms with Gasteiger partial charge in [0, 0.05) is 6.61 Å². The Morgan fingerprint density at radius 1 is 0.842 bits per heavy atom. The summed E-state index contributed by atoms with van der Waals surface area (Å²) in [6.07, 6.45) is 15.0. The third kappa shape index (κ3) is 15.9. The van der Waals surface area contributed by atoms with Crippen molar-refractivity contribution in [2.24, 2.45) is 5.92 Å². The maximum absolute atomic E-state index is 8.80. The van der Waals surface area contributed by atoms with Crippen LogP contribution in [0.15, 0.2) is 0 Å². The van der Waals surface area contributed by atoms with Gasteiger partial charge in [-0.1, -0.05) is 71.6 Å². The molecule has 0 spiro atoms. The Labute approximate surface area is 121 Å². The Morgan fingerprint density at radius 3 is 1.89 bits per heavy atom. The highest BCUT2D eigenvalue weighted by atomic mass is 16.3. The van der Waals surface area contributed by atoms with Gasteiger partial charge in [0.1, 0.15) is 0 Å². The van der Waals surface area contributed by atoms with Crippen LogP contribution in [0.2, 0.25) is 0 Å². The van der Waals surface area contributed by atoms with Crippen molar-refractivity contribution in [3.8, 4) is 0 Å². The second kappa shape index (κ2) is 16.0. The molecule has 0 aliphatic heterocycles. The third-order valence-electron chi connectivity index (χ3n) is 3.82. The molecule has 0 bridgehead atoms. The monoisotopic (exact) mass is 271 g/mol. The van der Waals surface area contributed by atoms with Gasteiger partial charge in [0.2, 0.25) is 0 Å². The van der Waals surface area contributed by atoms with Gasteiger partial charge in [-0.2, -0.15) is 0 Å². The molecule has 0 aromatic rings. The molecule has 0 fully saturated rings. The lowest BCUT2D eigenvalue weighted by atomic mass is 10.1. The van der Waals surface area contributed by atoms with Gasteiger partial charge in [0.05, 0.1) is 0 Å². The summed E-state index contributed by atoms with van der Waals surface area (Å²) in [7, 11) is 0. The molecular formula is C17H37NO. The van der Waals surface area contributed by atoms with Crippen molar-refractivity contribution in [3.63, 3.8) is 0 Å². The van der Waals surface area contributed by atoms with E-state index in [0.29, 0.717) is 12.5 Å². The number of aliphatic hydroxyl groups is 1. The fourth-order valence-corrected chi connectivity index (χ4v) is 2.41. The normalized spacial score (nSPS) is 12.8. The van der Waals surface area contributed by atoms with Crippen molar-refractivity contribution in [3.05, 3.63) is 0 Å². The van der Waals surface area contributed by atoms with Crippen molar-refractivity contribution >= 4 is 0 Å². The summed E-state index contributed by atoms with van der Waals surface area (Å²) in [5.74, 6) is 0.605. The molecule has 19 heavy (non-hydrogen) atoms. The minimum Gasteiger partial charge on any atom is -0.396 e. The van der Waals surface area contributed by atoms with Crippen molar-refractivity contribution in [2.45, 2.75) is 84.5 Å². The molecule has 2 N–H and O–H groups in total. The molecule has 2 heteroatoms. The average Bonchev–Trinajstić information content (AvgIpc) is 2.40. The van der Waals surface area contributed by atoms with Crippen molar-refractivity contribution in [1.29, 1.82) is 0 Å². The fraction of sp³-hybridized carbons (Fsp3) is 1.00. The molecule has 1 atom stereocenters. The van der Waals surface area contributed by atoms with Crippen LogP contribution in [0, 0.1) is 5.92 Å². The summed E-state index contributed by atoms with van der Waals surface area (Å²) < 4.78 is 0. The molecule has 0 saturated heterocycles. The first-order valence-corrected chi connectivity index (χ1v) is 8.62. The lowest BCUT2D eigenvalue weighted by molar-refractivity contribution is 0.260. The third-order valence-corrected chi connectivity index (χ3v) is 3.82. The molecule has 0 aliphatic carbocycles. The van der Waals surface area contributed by atoms with E-state index in [1.807, 2.05) is 0 Å². The molecule has 2 nitrogen and oxygen atoms in total. The van der Waals surface area contributed by atoms with Gasteiger partial charge in [-0.05, 0) is 31.8 Å². The van der Waals surface area contributed by atoms with Crippen LogP contribution in [0.3, 0.4) is 0 Å². The summed E-state index contributed by atoms with van der Waals surface area (Å²) in [6.45, 7) is 6.99. The van der Waals surface area contributed by atoms with Crippen LogP contribution in [-0.2, 0) is 0 Å². The zero-order valence-electron chi connectivity index (χ0n) is 13.4. The van der Waals surface area contributed by atoms with Gasteiger partial charge < -0.3 is 10.4 Å². The predicted octanol–water partition coefficient (Wildman–Crippen LogP) is 4.52. The smallest absolute Gasteiger partial charge is 0.0434 e. The van der Waals surface area contributed by atoms with E-state index in [9.17, 15) is 0 Å². The first kappa shape index (κ1) is 18.9. The van der Waals surface area contributed by atoms with E-state index >= 15 is 0 Å². The van der Waals surface area contributed by atoms with E-state index in [4.69, 9.17) is 5.11 Å². The van der Waals surface area contributed by atoms with Crippen LogP contribution in [0.5, 0.6) is 0 Å². The molecule has 0 aromatic carbocycles. The highest BCUT2D eigenvalue weighted by molar-refractivity contribution is 4.57. The van der Waals surface area contributed by atoms with Crippen LogP contribution in [0.25, 0.3) is 0 Å². The number of nitrogens with one attached hydrogen (secondary N) is 1. The number of hydrogen-bond donors (Lipinski definition) is 2. The van der Waals surface area contributed by atoms with Crippen LogP contribution in [0.4, 0.5) is 0 Å². The maximum Gasteiger partial charge on any atom is 0.0434 e. The van der Waals surface area contributed by atoms with Crippen LogP contribution >= 0.6 is 0 Å². The Kier molecular flexibility index (Phi) is 15.9. The minimum atomic E-state index is 0.321. The first-order chi connectivity index (χ1) is 9.31. The summed E-state index contributed by atoms with van der Waals surface area (Å²) in [4.78, 5) is 0.